The van der Waals surface area contributed by atoms with Crippen LogP contribution in [0.4, 0.5) is 18.9 Å². The van der Waals surface area contributed by atoms with Crippen molar-refractivity contribution in [3.05, 3.63) is 18.0 Å². The van der Waals surface area contributed by atoms with E-state index in [0.29, 0.717) is 0 Å². The molecule has 0 bridgehead atoms. The van der Waals surface area contributed by atoms with Gasteiger partial charge in [0.2, 0.25) is 0 Å². The Balaban J connectivity index is 2.79. The Kier molecular flexibility index (Phi) is 4.83. The van der Waals surface area contributed by atoms with Gasteiger partial charge < -0.3 is 10.5 Å². The first kappa shape index (κ1) is 14.6. The Morgan fingerprint density at radius 1 is 1.56 bits per heavy atom. The van der Waals surface area contributed by atoms with Crippen LogP contribution in [-0.2, 0) is 15.7 Å². The normalized spacial score (nSPS) is 11.3. The molecule has 8 heteroatoms. The fourth-order valence-electron chi connectivity index (χ4n) is 1.07. The lowest BCUT2D eigenvalue weighted by atomic mass is 10.3. The van der Waals surface area contributed by atoms with Crippen molar-refractivity contribution in [2.45, 2.75) is 18.0 Å². The van der Waals surface area contributed by atoms with Gasteiger partial charge in [-0.15, -0.1) is 11.8 Å². The number of alkyl halides is 3. The van der Waals surface area contributed by atoms with Gasteiger partial charge in [-0.3, -0.25) is 4.79 Å². The molecule has 0 unspecified atom stereocenters. The largest absolute Gasteiger partial charge is 0.465 e. The van der Waals surface area contributed by atoms with Gasteiger partial charge in [0.1, 0.15) is 5.69 Å². The number of nitrogen functional groups attached to an aromatic ring is 1. The predicted molar refractivity (Wildman–Crippen MR) is 61.0 cm³/mol. The van der Waals surface area contributed by atoms with Gasteiger partial charge in [-0.25, -0.2) is 4.98 Å². The van der Waals surface area contributed by atoms with Gasteiger partial charge in [-0.1, -0.05) is 0 Å². The number of hydrogen-bond acceptors (Lipinski definition) is 5. The van der Waals surface area contributed by atoms with Crippen LogP contribution in [0.25, 0.3) is 0 Å². The van der Waals surface area contributed by atoms with Crippen LogP contribution in [0.3, 0.4) is 0 Å². The van der Waals surface area contributed by atoms with Crippen molar-refractivity contribution >= 4 is 23.4 Å². The summed E-state index contributed by atoms with van der Waals surface area (Å²) in [7, 11) is 0. The predicted octanol–water partition coefficient (Wildman–Crippen LogP) is 2.34. The maximum Gasteiger partial charge on any atom is 0.433 e. The Labute approximate surface area is 106 Å². The number of thioether (sulfide) groups is 1. The van der Waals surface area contributed by atoms with E-state index in [-0.39, 0.29) is 22.9 Å². The van der Waals surface area contributed by atoms with Gasteiger partial charge >= 0.3 is 12.1 Å². The highest BCUT2D eigenvalue weighted by Gasteiger charge is 2.33. The third kappa shape index (κ3) is 4.10. The minimum absolute atomic E-state index is 0.0947. The fraction of sp³-hybridized carbons (Fsp3) is 0.400. The van der Waals surface area contributed by atoms with Crippen molar-refractivity contribution < 1.29 is 22.7 Å². The zero-order valence-electron chi connectivity index (χ0n) is 9.45. The molecule has 4 nitrogen and oxygen atoms in total. The zero-order chi connectivity index (χ0) is 13.8. The molecule has 0 aliphatic carbocycles. The standard InChI is InChI=1S/C10H11F3N2O2S/c1-2-17-9(16)5-18-7-3-8(10(11,12)13)15-4-6(7)14/h3-4H,2,5,14H2,1H3. The maximum atomic E-state index is 12.4. The molecular weight excluding hydrogens is 269 g/mol. The Morgan fingerprint density at radius 3 is 2.78 bits per heavy atom. The van der Waals surface area contributed by atoms with E-state index in [0.717, 1.165) is 24.0 Å². The summed E-state index contributed by atoms with van der Waals surface area (Å²) in [5.41, 5.74) is 4.55. The van der Waals surface area contributed by atoms with E-state index in [9.17, 15) is 18.0 Å². The summed E-state index contributed by atoms with van der Waals surface area (Å²) in [6.07, 6.45) is -3.61. The second-order valence-corrected chi connectivity index (χ2v) is 4.22. The van der Waals surface area contributed by atoms with Crippen LogP contribution in [0.1, 0.15) is 12.6 Å². The van der Waals surface area contributed by atoms with Gasteiger partial charge in [0.05, 0.1) is 24.2 Å². The van der Waals surface area contributed by atoms with Gasteiger partial charge in [-0.2, -0.15) is 13.2 Å². The molecule has 2 N–H and O–H groups in total. The topological polar surface area (TPSA) is 65.2 Å². The van der Waals surface area contributed by atoms with Crippen LogP contribution in [0, 0.1) is 0 Å². The highest BCUT2D eigenvalue weighted by Crippen LogP contribution is 2.32. The van der Waals surface area contributed by atoms with E-state index in [4.69, 9.17) is 5.73 Å². The number of carbonyl (C=O) groups excluding carboxylic acids is 1. The summed E-state index contributed by atoms with van der Waals surface area (Å²) in [5, 5.41) is 0. The SMILES string of the molecule is CCOC(=O)CSc1cc(C(F)(F)F)ncc1N. The van der Waals surface area contributed by atoms with Crippen LogP contribution >= 0.6 is 11.8 Å². The highest BCUT2D eigenvalue weighted by molar-refractivity contribution is 8.00. The average molecular weight is 280 g/mol. The van der Waals surface area contributed by atoms with E-state index < -0.39 is 17.8 Å². The lowest BCUT2D eigenvalue weighted by Crippen LogP contribution is -2.10. The Hall–Kier alpha value is -1.44. The number of nitrogens with two attached hydrogens (primary N) is 1. The number of ether oxygens (including phenoxy) is 1. The number of nitrogens with zero attached hydrogens (tertiary/aromatic N) is 1. The minimum atomic E-state index is -4.53. The number of carbonyl (C=O) groups is 1. The molecule has 0 saturated heterocycles. The third-order valence-electron chi connectivity index (χ3n) is 1.84. The molecule has 0 saturated carbocycles. The number of esters is 1. The lowest BCUT2D eigenvalue weighted by molar-refractivity contribution is -0.141. The van der Waals surface area contributed by atoms with Gasteiger partial charge in [0, 0.05) is 4.90 Å². The number of halogens is 3. The quantitative estimate of drug-likeness (QED) is 0.677. The molecule has 1 heterocycles. The van der Waals surface area contributed by atoms with Crippen molar-refractivity contribution in [2.24, 2.45) is 0 Å². The number of pyridine rings is 1. The minimum Gasteiger partial charge on any atom is -0.465 e. The van der Waals surface area contributed by atoms with Crippen molar-refractivity contribution in [3.8, 4) is 0 Å². The molecule has 0 atom stereocenters. The van der Waals surface area contributed by atoms with Gasteiger partial charge in [0.25, 0.3) is 0 Å². The van der Waals surface area contributed by atoms with E-state index in [1.807, 2.05) is 0 Å². The number of aromatic nitrogens is 1. The molecule has 0 aliphatic rings. The van der Waals surface area contributed by atoms with E-state index in [2.05, 4.69) is 9.72 Å². The molecule has 1 aromatic rings. The molecule has 1 aromatic heterocycles. The highest BCUT2D eigenvalue weighted by atomic mass is 32.2. The summed E-state index contributed by atoms with van der Waals surface area (Å²) in [6.45, 7) is 1.87. The van der Waals surface area contributed by atoms with E-state index in [1.54, 1.807) is 6.92 Å². The van der Waals surface area contributed by atoms with Gasteiger partial charge in [-0.05, 0) is 13.0 Å². The van der Waals surface area contributed by atoms with Crippen LogP contribution in [0.15, 0.2) is 17.2 Å². The second-order valence-electron chi connectivity index (χ2n) is 3.20. The zero-order valence-corrected chi connectivity index (χ0v) is 10.3. The molecule has 100 valence electrons. The molecule has 0 spiro atoms. The Bertz CT molecular complexity index is 438. The average Bonchev–Trinajstić information content (AvgIpc) is 2.26. The summed E-state index contributed by atoms with van der Waals surface area (Å²) in [6, 6.07) is 0.819. The molecule has 18 heavy (non-hydrogen) atoms. The lowest BCUT2D eigenvalue weighted by Gasteiger charge is -2.09. The molecule has 0 amide bonds. The first-order valence-corrected chi connectivity index (χ1v) is 5.94. The molecule has 0 radical (unpaired) electrons. The van der Waals surface area contributed by atoms with Crippen molar-refractivity contribution in [3.63, 3.8) is 0 Å². The van der Waals surface area contributed by atoms with Crippen molar-refractivity contribution in [2.75, 3.05) is 18.1 Å². The maximum absolute atomic E-state index is 12.4. The molecule has 0 aromatic carbocycles. The number of rotatable bonds is 4. The molecule has 1 rings (SSSR count). The first-order chi connectivity index (χ1) is 8.34. The second kappa shape index (κ2) is 5.94. The van der Waals surface area contributed by atoms with Crippen LogP contribution in [-0.4, -0.2) is 23.3 Å². The number of hydrogen-bond donors (Lipinski definition) is 1. The van der Waals surface area contributed by atoms with Crippen LogP contribution in [0.5, 0.6) is 0 Å². The van der Waals surface area contributed by atoms with Crippen LogP contribution < -0.4 is 5.73 Å². The van der Waals surface area contributed by atoms with Crippen molar-refractivity contribution in [1.29, 1.82) is 0 Å². The van der Waals surface area contributed by atoms with Gasteiger partial charge in [0.15, 0.2) is 0 Å². The summed E-state index contributed by atoms with van der Waals surface area (Å²) in [4.78, 5) is 14.4. The molecule has 0 fully saturated rings. The summed E-state index contributed by atoms with van der Waals surface area (Å²) >= 11 is 0.886. The summed E-state index contributed by atoms with van der Waals surface area (Å²) < 4.78 is 41.9. The number of anilines is 1. The molecule has 0 aliphatic heterocycles. The van der Waals surface area contributed by atoms with E-state index >= 15 is 0 Å². The third-order valence-corrected chi connectivity index (χ3v) is 2.88. The van der Waals surface area contributed by atoms with Crippen molar-refractivity contribution in [1.82, 2.24) is 4.98 Å². The smallest absolute Gasteiger partial charge is 0.433 e. The monoisotopic (exact) mass is 280 g/mol. The fourth-order valence-corrected chi connectivity index (χ4v) is 1.84. The Morgan fingerprint density at radius 2 is 2.22 bits per heavy atom. The molecular formula is C10H11F3N2O2S. The summed E-state index contributed by atoms with van der Waals surface area (Å²) in [5.74, 6) is -0.605. The van der Waals surface area contributed by atoms with E-state index in [1.165, 1.54) is 0 Å². The van der Waals surface area contributed by atoms with Crippen LogP contribution in [0.2, 0.25) is 0 Å². The first-order valence-electron chi connectivity index (χ1n) is 4.95.